The van der Waals surface area contributed by atoms with Crippen LogP contribution in [0, 0.1) is 2.88 Å². The number of hydrogen-bond donors (Lipinski definition) is 1. The van der Waals surface area contributed by atoms with Crippen LogP contribution in [0.25, 0.3) is 22.4 Å². The van der Waals surface area contributed by atoms with Crippen molar-refractivity contribution >= 4 is 45.0 Å². The molecule has 6 heteroatoms. The number of H-pyrrole nitrogens is 1. The Morgan fingerprint density at radius 1 is 1.16 bits per heavy atom. The third kappa shape index (κ3) is 2.30. The number of fused-ring (bicyclic) bond motifs is 1. The van der Waals surface area contributed by atoms with Crippen LogP contribution in [-0.2, 0) is 0 Å². The molecule has 0 bridgehead atoms. The molecule has 19 heavy (non-hydrogen) atoms. The molecule has 0 aliphatic heterocycles. The number of nitrogens with zero attached hydrogens (tertiary/aromatic N) is 1. The molecule has 98 valence electrons. The van der Waals surface area contributed by atoms with Gasteiger partial charge in [0.15, 0.2) is 11.5 Å². The summed E-state index contributed by atoms with van der Waals surface area (Å²) in [6.45, 7) is 0. The fourth-order valence-electron chi connectivity index (χ4n) is 1.91. The van der Waals surface area contributed by atoms with Gasteiger partial charge in [-0.2, -0.15) is 0 Å². The van der Waals surface area contributed by atoms with E-state index in [9.17, 15) is 0 Å². The molecular weight excluding hydrogens is 375 g/mol. The van der Waals surface area contributed by atoms with Crippen molar-refractivity contribution in [1.29, 1.82) is 0 Å². The van der Waals surface area contributed by atoms with Gasteiger partial charge < -0.3 is 14.5 Å². The molecule has 0 fully saturated rings. The van der Waals surface area contributed by atoms with E-state index in [2.05, 4.69) is 44.0 Å². The molecule has 2 heterocycles. The number of hydrogen-bond acceptors (Lipinski definition) is 4. The fourth-order valence-corrected chi connectivity index (χ4v) is 3.24. The Balaban J connectivity index is 2.15. The van der Waals surface area contributed by atoms with Crippen LogP contribution in [0.5, 0.6) is 11.5 Å². The van der Waals surface area contributed by atoms with Crippen LogP contribution >= 0.6 is 33.9 Å². The zero-order valence-corrected chi connectivity index (χ0v) is 13.3. The number of ether oxygens (including phenoxy) is 2. The van der Waals surface area contributed by atoms with Crippen molar-refractivity contribution in [1.82, 2.24) is 9.97 Å². The van der Waals surface area contributed by atoms with E-state index in [0.717, 1.165) is 22.4 Å². The third-order valence-electron chi connectivity index (χ3n) is 2.83. The van der Waals surface area contributed by atoms with Crippen LogP contribution < -0.4 is 9.47 Å². The summed E-state index contributed by atoms with van der Waals surface area (Å²) in [5.41, 5.74) is 2.91. The van der Waals surface area contributed by atoms with Crippen LogP contribution in [0.15, 0.2) is 23.6 Å². The maximum atomic E-state index is 5.29. The van der Waals surface area contributed by atoms with Crippen molar-refractivity contribution in [2.45, 2.75) is 0 Å². The first-order valence-electron chi connectivity index (χ1n) is 5.57. The molecule has 0 aliphatic rings. The van der Waals surface area contributed by atoms with Crippen LogP contribution in [0.4, 0.5) is 0 Å². The molecule has 0 saturated carbocycles. The maximum Gasteiger partial charge on any atom is 0.163 e. The monoisotopic (exact) mass is 386 g/mol. The minimum atomic E-state index is 0.688. The van der Waals surface area contributed by atoms with Crippen molar-refractivity contribution in [3.8, 4) is 22.9 Å². The van der Waals surface area contributed by atoms with E-state index in [1.54, 1.807) is 25.6 Å². The first-order chi connectivity index (χ1) is 9.21. The summed E-state index contributed by atoms with van der Waals surface area (Å²) < 4.78 is 11.8. The summed E-state index contributed by atoms with van der Waals surface area (Å²) in [5, 5.41) is 2.09. The molecule has 1 aromatic carbocycles. The molecule has 3 aromatic rings. The van der Waals surface area contributed by atoms with Gasteiger partial charge in [-0.1, -0.05) is 0 Å². The third-order valence-corrected chi connectivity index (χ3v) is 4.62. The van der Waals surface area contributed by atoms with Crippen molar-refractivity contribution in [3.05, 3.63) is 26.5 Å². The van der Waals surface area contributed by atoms with Crippen LogP contribution in [-0.4, -0.2) is 24.2 Å². The van der Waals surface area contributed by atoms with Gasteiger partial charge in [0.05, 0.1) is 28.1 Å². The molecule has 3 rings (SSSR count). The molecule has 0 atom stereocenters. The van der Waals surface area contributed by atoms with E-state index in [1.165, 1.54) is 2.88 Å². The summed E-state index contributed by atoms with van der Waals surface area (Å²) in [7, 11) is 3.25. The van der Waals surface area contributed by atoms with Gasteiger partial charge in [-0.15, -0.1) is 11.3 Å². The number of methoxy groups -OCH3 is 2. The predicted octanol–water partition coefficient (Wildman–Crippen LogP) is 3.91. The normalized spacial score (nSPS) is 10.9. The minimum Gasteiger partial charge on any atom is -0.493 e. The van der Waals surface area contributed by atoms with Gasteiger partial charge in [-0.3, -0.25) is 0 Å². The lowest BCUT2D eigenvalue weighted by molar-refractivity contribution is 0.356. The Morgan fingerprint density at radius 2 is 1.89 bits per heavy atom. The van der Waals surface area contributed by atoms with E-state index in [0.29, 0.717) is 11.5 Å². The second-order valence-corrected chi connectivity index (χ2v) is 6.75. The molecule has 0 saturated heterocycles. The fraction of sp³-hybridized carbons (Fsp3) is 0.154. The molecular formula is C13H11IN2O2S. The van der Waals surface area contributed by atoms with Gasteiger partial charge in [0, 0.05) is 23.1 Å². The number of imidazole rings is 1. The molecule has 0 radical (unpaired) electrons. The summed E-state index contributed by atoms with van der Waals surface area (Å²) in [4.78, 5) is 7.90. The zero-order valence-electron chi connectivity index (χ0n) is 10.4. The number of aromatic amines is 1. The summed E-state index contributed by atoms with van der Waals surface area (Å²) in [6.07, 6.45) is 0. The smallest absolute Gasteiger partial charge is 0.163 e. The molecule has 0 unspecified atom stereocenters. The van der Waals surface area contributed by atoms with Gasteiger partial charge in [0.1, 0.15) is 5.82 Å². The molecule has 0 amide bonds. The Hall–Kier alpha value is -1.28. The quantitative estimate of drug-likeness (QED) is 0.695. The lowest BCUT2D eigenvalue weighted by Gasteiger charge is -2.06. The zero-order chi connectivity index (χ0) is 13.4. The summed E-state index contributed by atoms with van der Waals surface area (Å²) >= 11 is 4.01. The first-order valence-corrected chi connectivity index (χ1v) is 7.53. The van der Waals surface area contributed by atoms with Crippen molar-refractivity contribution in [2.75, 3.05) is 14.2 Å². The summed E-state index contributed by atoms with van der Waals surface area (Å²) in [5.74, 6) is 2.25. The molecule has 0 spiro atoms. The number of nitrogens with one attached hydrogen (secondary N) is 1. The lowest BCUT2D eigenvalue weighted by atomic mass is 10.3. The van der Waals surface area contributed by atoms with E-state index >= 15 is 0 Å². The van der Waals surface area contributed by atoms with E-state index in [1.807, 2.05) is 12.1 Å². The van der Waals surface area contributed by atoms with Gasteiger partial charge in [0.2, 0.25) is 0 Å². The molecule has 2 aromatic heterocycles. The maximum absolute atomic E-state index is 5.29. The predicted molar refractivity (Wildman–Crippen MR) is 85.2 cm³/mol. The molecule has 4 nitrogen and oxygen atoms in total. The summed E-state index contributed by atoms with van der Waals surface area (Å²) in [6, 6.07) is 5.89. The number of rotatable bonds is 3. The lowest BCUT2D eigenvalue weighted by Crippen LogP contribution is -1.89. The first kappa shape index (κ1) is 12.7. The molecule has 0 aliphatic carbocycles. The van der Waals surface area contributed by atoms with Gasteiger partial charge >= 0.3 is 0 Å². The number of thiophene rings is 1. The number of benzene rings is 1. The standard InChI is InChI=1S/C13H11IN2O2S/c1-17-10-4-8-9(5-11(10)18-2)16-13(15-8)7-3-12(14)19-6-7/h3-6H,1-2H3,(H,15,16). The highest BCUT2D eigenvalue weighted by Gasteiger charge is 2.11. The van der Waals surface area contributed by atoms with Crippen molar-refractivity contribution in [3.63, 3.8) is 0 Å². The average molecular weight is 386 g/mol. The second-order valence-electron chi connectivity index (χ2n) is 3.95. The van der Waals surface area contributed by atoms with Crippen molar-refractivity contribution < 1.29 is 9.47 Å². The molecule has 1 N–H and O–H groups in total. The SMILES string of the molecule is COc1cc2nc(-c3csc(I)c3)[nH]c2cc1OC. The average Bonchev–Trinajstić information content (AvgIpc) is 3.02. The highest BCUT2D eigenvalue weighted by Crippen LogP contribution is 2.33. The van der Waals surface area contributed by atoms with E-state index in [-0.39, 0.29) is 0 Å². The topological polar surface area (TPSA) is 47.1 Å². The Labute approximate surface area is 127 Å². The van der Waals surface area contributed by atoms with Crippen LogP contribution in [0.1, 0.15) is 0 Å². The minimum absolute atomic E-state index is 0.688. The highest BCUT2D eigenvalue weighted by molar-refractivity contribution is 14.1. The van der Waals surface area contributed by atoms with E-state index < -0.39 is 0 Å². The van der Waals surface area contributed by atoms with Gasteiger partial charge in [-0.05, 0) is 28.7 Å². The Kier molecular flexibility index (Phi) is 3.36. The van der Waals surface area contributed by atoms with Gasteiger partial charge in [0.25, 0.3) is 0 Å². The van der Waals surface area contributed by atoms with E-state index in [4.69, 9.17) is 9.47 Å². The van der Waals surface area contributed by atoms with Crippen molar-refractivity contribution in [2.24, 2.45) is 0 Å². The van der Waals surface area contributed by atoms with Gasteiger partial charge in [-0.25, -0.2) is 4.98 Å². The Bertz CT molecular complexity index is 694. The highest BCUT2D eigenvalue weighted by atomic mass is 127. The van der Waals surface area contributed by atoms with Crippen LogP contribution in [0.3, 0.4) is 0 Å². The Morgan fingerprint density at radius 3 is 2.53 bits per heavy atom. The van der Waals surface area contributed by atoms with Crippen LogP contribution in [0.2, 0.25) is 0 Å². The number of halogens is 1. The number of aromatic nitrogens is 2. The largest absolute Gasteiger partial charge is 0.493 e. The second kappa shape index (κ2) is 5.01.